The van der Waals surface area contributed by atoms with Crippen LogP contribution in [0.2, 0.25) is 0 Å². The Balaban J connectivity index is 2.41. The van der Waals surface area contributed by atoms with Gasteiger partial charge in [-0.2, -0.15) is 0 Å². The maximum absolute atomic E-state index is 11.7. The molecule has 1 N–H and O–H groups in total. The molecule has 0 bridgehead atoms. The fourth-order valence-electron chi connectivity index (χ4n) is 2.36. The highest BCUT2D eigenvalue weighted by Crippen LogP contribution is 2.17. The summed E-state index contributed by atoms with van der Waals surface area (Å²) in [6.07, 6.45) is 3.43. The van der Waals surface area contributed by atoms with Crippen molar-refractivity contribution in [3.05, 3.63) is 0 Å². The highest BCUT2D eigenvalue weighted by Gasteiger charge is 2.25. The first-order valence-corrected chi connectivity index (χ1v) is 7.63. The Morgan fingerprint density at radius 1 is 1.35 bits per heavy atom. The van der Waals surface area contributed by atoms with Gasteiger partial charge in [0.2, 0.25) is 5.91 Å². The Hall–Kier alpha value is -0.0900. The Bertz CT molecular complexity index is 240. The van der Waals surface area contributed by atoms with Crippen LogP contribution < -0.4 is 5.32 Å². The van der Waals surface area contributed by atoms with E-state index in [2.05, 4.69) is 40.0 Å². The molecule has 2 atom stereocenters. The van der Waals surface area contributed by atoms with Crippen molar-refractivity contribution < 1.29 is 4.79 Å². The third kappa shape index (κ3) is 4.59. The molecule has 1 amide bonds. The van der Waals surface area contributed by atoms with Crippen molar-refractivity contribution in [2.24, 2.45) is 5.92 Å². The second-order valence-electron chi connectivity index (χ2n) is 5.18. The first kappa shape index (κ1) is 15.0. The molecule has 1 saturated heterocycles. The first-order valence-electron chi connectivity index (χ1n) is 6.72. The fourth-order valence-corrected chi connectivity index (χ4v) is 2.52. The molecule has 2 unspecified atom stereocenters. The van der Waals surface area contributed by atoms with Gasteiger partial charge >= 0.3 is 0 Å². The lowest BCUT2D eigenvalue weighted by atomic mass is 10.0. The van der Waals surface area contributed by atoms with Gasteiger partial charge < -0.3 is 5.32 Å². The van der Waals surface area contributed by atoms with E-state index in [4.69, 9.17) is 0 Å². The molecule has 1 aliphatic rings. The quantitative estimate of drug-likeness (QED) is 0.764. The summed E-state index contributed by atoms with van der Waals surface area (Å²) in [5.74, 6) is 0.709. The van der Waals surface area contributed by atoms with Crippen LogP contribution >= 0.6 is 15.9 Å². The second-order valence-corrected chi connectivity index (χ2v) is 6.28. The topological polar surface area (TPSA) is 32.3 Å². The third-order valence-corrected chi connectivity index (χ3v) is 4.57. The minimum atomic E-state index is -0.0473. The van der Waals surface area contributed by atoms with E-state index in [9.17, 15) is 4.79 Å². The molecule has 0 aliphatic carbocycles. The molecule has 100 valence electrons. The molecule has 0 aromatic heterocycles. The number of nitrogens with one attached hydrogen (secondary N) is 1. The van der Waals surface area contributed by atoms with Crippen LogP contribution in [0.25, 0.3) is 0 Å². The average Bonchev–Trinajstić information content (AvgIpc) is 2.81. The number of nitrogens with zero attached hydrogens (tertiary/aromatic N) is 1. The second kappa shape index (κ2) is 7.37. The van der Waals surface area contributed by atoms with Crippen LogP contribution in [0.5, 0.6) is 0 Å². The van der Waals surface area contributed by atoms with Gasteiger partial charge in [-0.3, -0.25) is 9.69 Å². The number of carbonyl (C=O) groups excluding carboxylic acids is 1. The minimum Gasteiger partial charge on any atom is -0.354 e. The van der Waals surface area contributed by atoms with Gasteiger partial charge in [0.05, 0.1) is 4.83 Å². The van der Waals surface area contributed by atoms with E-state index in [1.165, 1.54) is 25.9 Å². The molecule has 0 saturated carbocycles. The molecule has 1 rings (SSSR count). The number of hydrogen-bond acceptors (Lipinski definition) is 2. The van der Waals surface area contributed by atoms with E-state index in [1.54, 1.807) is 0 Å². The molecule has 4 heteroatoms. The number of alkyl halides is 1. The van der Waals surface area contributed by atoms with Crippen LogP contribution in [-0.4, -0.2) is 41.3 Å². The molecule has 17 heavy (non-hydrogen) atoms. The van der Waals surface area contributed by atoms with E-state index in [-0.39, 0.29) is 10.7 Å². The molecule has 1 fully saturated rings. The number of carbonyl (C=O) groups is 1. The van der Waals surface area contributed by atoms with E-state index >= 15 is 0 Å². The summed E-state index contributed by atoms with van der Waals surface area (Å²) < 4.78 is 0. The normalized spacial score (nSPS) is 20.5. The summed E-state index contributed by atoms with van der Waals surface area (Å²) >= 11 is 3.39. The molecule has 0 aromatic rings. The monoisotopic (exact) mass is 304 g/mol. The highest BCUT2D eigenvalue weighted by molar-refractivity contribution is 9.10. The van der Waals surface area contributed by atoms with Gasteiger partial charge in [0.25, 0.3) is 0 Å². The smallest absolute Gasteiger partial charge is 0.233 e. The van der Waals surface area contributed by atoms with Gasteiger partial charge in [-0.25, -0.2) is 0 Å². The summed E-state index contributed by atoms with van der Waals surface area (Å²) in [5.41, 5.74) is 0. The number of amides is 1. The van der Waals surface area contributed by atoms with Crippen molar-refractivity contribution in [2.75, 3.05) is 19.6 Å². The Morgan fingerprint density at radius 3 is 2.41 bits per heavy atom. The minimum absolute atomic E-state index is 0.0473. The van der Waals surface area contributed by atoms with Gasteiger partial charge in [-0.05, 0) is 38.3 Å². The molecule has 1 heterocycles. The highest BCUT2D eigenvalue weighted by atomic mass is 79.9. The largest absolute Gasteiger partial charge is 0.354 e. The average molecular weight is 305 g/mol. The predicted molar refractivity (Wildman–Crippen MR) is 75.4 cm³/mol. The Morgan fingerprint density at radius 2 is 1.94 bits per heavy atom. The molecule has 3 nitrogen and oxygen atoms in total. The van der Waals surface area contributed by atoms with Gasteiger partial charge in [-0.1, -0.05) is 36.7 Å². The van der Waals surface area contributed by atoms with Gasteiger partial charge in [0, 0.05) is 12.6 Å². The van der Waals surface area contributed by atoms with Crippen molar-refractivity contribution >= 4 is 21.8 Å². The Kier molecular flexibility index (Phi) is 6.49. The van der Waals surface area contributed by atoms with Crippen LogP contribution in [0.4, 0.5) is 0 Å². The predicted octanol–water partition coefficient (Wildman–Crippen LogP) is 2.40. The number of rotatable bonds is 6. The number of likely N-dealkylation sites (tertiary alicyclic amines) is 1. The number of hydrogen-bond donors (Lipinski definition) is 1. The van der Waals surface area contributed by atoms with Gasteiger partial charge in [-0.15, -0.1) is 0 Å². The number of halogens is 1. The summed E-state index contributed by atoms with van der Waals surface area (Å²) in [5, 5.41) is 3.06. The zero-order valence-corrected chi connectivity index (χ0v) is 12.8. The van der Waals surface area contributed by atoms with E-state index in [1.807, 2.05) is 6.92 Å². The lowest BCUT2D eigenvalue weighted by molar-refractivity contribution is -0.120. The van der Waals surface area contributed by atoms with Crippen molar-refractivity contribution in [3.8, 4) is 0 Å². The van der Waals surface area contributed by atoms with Crippen LogP contribution in [0.3, 0.4) is 0 Å². The lowest BCUT2D eigenvalue weighted by Crippen LogP contribution is -2.47. The van der Waals surface area contributed by atoms with Crippen molar-refractivity contribution in [1.29, 1.82) is 0 Å². The molecule has 0 aromatic carbocycles. The summed E-state index contributed by atoms with van der Waals surface area (Å²) in [6.45, 7) is 9.63. The standard InChI is InChI=1S/C13H25BrN2O/c1-4-11(14)13(17)15-9-12(10(2)3)16-7-5-6-8-16/h10-12H,4-9H2,1-3H3,(H,15,17). The summed E-state index contributed by atoms with van der Waals surface area (Å²) in [7, 11) is 0. The van der Waals surface area contributed by atoms with Crippen LogP contribution in [0.1, 0.15) is 40.0 Å². The van der Waals surface area contributed by atoms with E-state index < -0.39 is 0 Å². The molecular weight excluding hydrogens is 280 g/mol. The maximum Gasteiger partial charge on any atom is 0.233 e. The van der Waals surface area contributed by atoms with Crippen LogP contribution in [-0.2, 0) is 4.79 Å². The van der Waals surface area contributed by atoms with Crippen molar-refractivity contribution in [3.63, 3.8) is 0 Å². The van der Waals surface area contributed by atoms with Gasteiger partial charge in [0.1, 0.15) is 0 Å². The molecular formula is C13H25BrN2O. The van der Waals surface area contributed by atoms with Crippen molar-refractivity contribution in [1.82, 2.24) is 10.2 Å². The Labute approximate surface area is 113 Å². The fraction of sp³-hybridized carbons (Fsp3) is 0.923. The zero-order valence-electron chi connectivity index (χ0n) is 11.2. The van der Waals surface area contributed by atoms with E-state index in [0.29, 0.717) is 12.0 Å². The zero-order chi connectivity index (χ0) is 12.8. The SMILES string of the molecule is CCC(Br)C(=O)NCC(C(C)C)N1CCCC1. The first-order chi connectivity index (χ1) is 8.06. The maximum atomic E-state index is 11.7. The van der Waals surface area contributed by atoms with Gasteiger partial charge in [0.15, 0.2) is 0 Å². The van der Waals surface area contributed by atoms with Crippen LogP contribution in [0.15, 0.2) is 0 Å². The summed E-state index contributed by atoms with van der Waals surface area (Å²) in [6, 6.07) is 0.484. The van der Waals surface area contributed by atoms with Crippen molar-refractivity contribution in [2.45, 2.75) is 50.9 Å². The molecule has 0 radical (unpaired) electrons. The lowest BCUT2D eigenvalue weighted by Gasteiger charge is -2.31. The third-order valence-electron chi connectivity index (χ3n) is 3.51. The van der Waals surface area contributed by atoms with E-state index in [0.717, 1.165) is 13.0 Å². The molecule has 0 spiro atoms. The summed E-state index contributed by atoms with van der Waals surface area (Å²) in [4.78, 5) is 14.2. The molecule has 1 aliphatic heterocycles. The van der Waals surface area contributed by atoms with Crippen LogP contribution in [0, 0.1) is 5.92 Å².